The van der Waals surface area contributed by atoms with Crippen molar-refractivity contribution in [1.29, 1.82) is 0 Å². The molecule has 1 aliphatic heterocycles. The summed E-state index contributed by atoms with van der Waals surface area (Å²) >= 11 is 0. The molecule has 3 heterocycles. The van der Waals surface area contributed by atoms with E-state index in [4.69, 9.17) is 4.74 Å². The molecule has 2 aromatic heterocycles. The fraction of sp³-hybridized carbons (Fsp3) is 0.444. The number of nitrogens with one attached hydrogen (secondary N) is 2. The zero-order valence-electron chi connectivity index (χ0n) is 20.2. The summed E-state index contributed by atoms with van der Waals surface area (Å²) in [7, 11) is 0. The summed E-state index contributed by atoms with van der Waals surface area (Å²) in [6.07, 6.45) is 10.5. The van der Waals surface area contributed by atoms with Crippen molar-refractivity contribution in [3.05, 3.63) is 76.3 Å². The van der Waals surface area contributed by atoms with Gasteiger partial charge in [0.1, 0.15) is 11.6 Å². The number of hydrogen-bond donors (Lipinski definition) is 2. The van der Waals surface area contributed by atoms with E-state index >= 15 is 0 Å². The van der Waals surface area contributed by atoms with Gasteiger partial charge in [0.05, 0.1) is 22.9 Å². The number of fused-ring (bicyclic) bond motifs is 1. The van der Waals surface area contributed by atoms with Crippen molar-refractivity contribution in [1.82, 2.24) is 20.2 Å². The Morgan fingerprint density at radius 1 is 1.31 bits per heavy atom. The maximum Gasteiger partial charge on any atom is 0.262 e. The van der Waals surface area contributed by atoms with Gasteiger partial charge in [-0.1, -0.05) is 31.1 Å². The predicted octanol–water partition coefficient (Wildman–Crippen LogP) is 4.30. The van der Waals surface area contributed by atoms with Crippen LogP contribution in [0.4, 0.5) is 4.39 Å². The highest BCUT2D eigenvalue weighted by Gasteiger charge is 2.21. The number of aromatic nitrogens is 2. The second-order valence-corrected chi connectivity index (χ2v) is 9.55. The molecule has 190 valence electrons. The van der Waals surface area contributed by atoms with Crippen LogP contribution in [0.2, 0.25) is 0 Å². The third kappa shape index (κ3) is 6.66. The van der Waals surface area contributed by atoms with Crippen LogP contribution in [0.5, 0.6) is 0 Å². The topological polar surface area (TPSA) is 85.2 Å². The Morgan fingerprint density at radius 3 is 2.86 bits per heavy atom. The molecule has 7 nitrogen and oxygen atoms in total. The van der Waals surface area contributed by atoms with Crippen molar-refractivity contribution in [2.45, 2.75) is 45.6 Å². The van der Waals surface area contributed by atoms with E-state index in [1.165, 1.54) is 36.7 Å². The molecule has 2 aromatic rings. The van der Waals surface area contributed by atoms with Gasteiger partial charge >= 0.3 is 0 Å². The molecule has 1 aliphatic carbocycles. The van der Waals surface area contributed by atoms with Crippen molar-refractivity contribution >= 4 is 16.9 Å². The van der Waals surface area contributed by atoms with Gasteiger partial charge in [-0.25, -0.2) is 4.39 Å². The Labute approximate surface area is 207 Å². The first-order chi connectivity index (χ1) is 16.9. The third-order valence-corrected chi connectivity index (χ3v) is 6.83. The number of ether oxygens (including phenoxy) is 1. The smallest absolute Gasteiger partial charge is 0.262 e. The molecular weight excluding hydrogens is 447 g/mol. The minimum absolute atomic E-state index is 0. The second-order valence-electron chi connectivity index (χ2n) is 9.55. The van der Waals surface area contributed by atoms with Gasteiger partial charge in [-0.3, -0.25) is 14.6 Å². The molecular formula is C27H37FN4O3. The number of rotatable bonds is 8. The summed E-state index contributed by atoms with van der Waals surface area (Å²) in [4.78, 5) is 27.7. The highest BCUT2D eigenvalue weighted by atomic mass is 19.1. The Balaban J connectivity index is 0.00000241. The molecule has 1 amide bonds. The summed E-state index contributed by atoms with van der Waals surface area (Å²) in [5.74, 6) is 1.21. The molecule has 0 bridgehead atoms. The lowest BCUT2D eigenvalue weighted by atomic mass is 9.80. The average molecular weight is 485 g/mol. The van der Waals surface area contributed by atoms with Gasteiger partial charge in [0.25, 0.3) is 11.5 Å². The molecule has 1 saturated heterocycles. The quantitative estimate of drug-likeness (QED) is 0.583. The third-order valence-electron chi connectivity index (χ3n) is 6.83. The summed E-state index contributed by atoms with van der Waals surface area (Å²) in [5.41, 5.74) is 2.77. The Morgan fingerprint density at radius 2 is 2.09 bits per heavy atom. The van der Waals surface area contributed by atoms with Crippen LogP contribution in [-0.4, -0.2) is 35.2 Å². The van der Waals surface area contributed by atoms with Gasteiger partial charge in [-0.05, 0) is 56.7 Å². The van der Waals surface area contributed by atoms with Crippen LogP contribution < -0.4 is 16.2 Å². The zero-order valence-corrected chi connectivity index (χ0v) is 20.2. The number of amides is 1. The van der Waals surface area contributed by atoms with Crippen molar-refractivity contribution in [2.75, 3.05) is 19.7 Å². The van der Waals surface area contributed by atoms with Gasteiger partial charge in [0.2, 0.25) is 0 Å². The lowest BCUT2D eigenvalue weighted by molar-refractivity contribution is -0.125. The van der Waals surface area contributed by atoms with Gasteiger partial charge in [-0.15, -0.1) is 0 Å². The SMILES string of the molecule is C=C1NC(=O)CO/C1=C/C=C(\C)CNCC1CCC(CCn2c(=O)ccc3ncc(F)cc32)CC1.[HH].[HH]. The number of carbonyl (C=O) groups is 1. The minimum Gasteiger partial charge on any atom is -0.482 e. The molecule has 8 heteroatoms. The number of nitrogens with zero attached hydrogens (tertiary/aromatic N) is 2. The first-order valence-corrected chi connectivity index (χ1v) is 12.2. The highest BCUT2D eigenvalue weighted by Crippen LogP contribution is 2.31. The molecule has 2 aliphatic rings. The van der Waals surface area contributed by atoms with Crippen LogP contribution in [0.25, 0.3) is 11.0 Å². The van der Waals surface area contributed by atoms with Gasteiger partial charge in [-0.2, -0.15) is 0 Å². The van der Waals surface area contributed by atoms with Crippen molar-refractivity contribution in [2.24, 2.45) is 11.8 Å². The van der Waals surface area contributed by atoms with Crippen LogP contribution in [0, 0.1) is 17.7 Å². The van der Waals surface area contributed by atoms with E-state index < -0.39 is 5.82 Å². The van der Waals surface area contributed by atoms with Crippen LogP contribution >= 0.6 is 0 Å². The molecule has 4 rings (SSSR count). The number of morpholine rings is 1. The lowest BCUT2D eigenvalue weighted by Crippen LogP contribution is -2.33. The number of aryl methyl sites for hydroxylation is 1. The van der Waals surface area contributed by atoms with E-state index in [-0.39, 0.29) is 20.9 Å². The fourth-order valence-corrected chi connectivity index (χ4v) is 4.80. The zero-order chi connectivity index (χ0) is 24.8. The van der Waals surface area contributed by atoms with Crippen molar-refractivity contribution in [3.63, 3.8) is 0 Å². The molecule has 0 atom stereocenters. The van der Waals surface area contributed by atoms with E-state index in [1.54, 1.807) is 10.6 Å². The molecule has 0 radical (unpaired) electrons. The summed E-state index contributed by atoms with van der Waals surface area (Å²) in [6.45, 7) is 8.23. The predicted molar refractivity (Wildman–Crippen MR) is 138 cm³/mol. The number of allylic oxidation sites excluding steroid dienone is 2. The Hall–Kier alpha value is -3.26. The molecule has 0 unspecified atom stereocenters. The van der Waals surface area contributed by atoms with E-state index in [0.29, 0.717) is 40.9 Å². The molecule has 2 N–H and O–H groups in total. The maximum atomic E-state index is 13.7. The normalized spacial score (nSPS) is 22.3. The average Bonchev–Trinajstić information content (AvgIpc) is 2.84. The Bertz CT molecular complexity index is 1220. The molecule has 2 fully saturated rings. The first-order valence-electron chi connectivity index (χ1n) is 12.2. The molecule has 0 spiro atoms. The molecule has 1 saturated carbocycles. The van der Waals surface area contributed by atoms with Gasteiger partial charge in [0.15, 0.2) is 6.61 Å². The fourth-order valence-electron chi connectivity index (χ4n) is 4.80. The summed E-state index contributed by atoms with van der Waals surface area (Å²) in [5, 5.41) is 6.22. The number of halogens is 1. The van der Waals surface area contributed by atoms with Crippen LogP contribution in [0.3, 0.4) is 0 Å². The number of pyridine rings is 2. The van der Waals surface area contributed by atoms with Crippen LogP contribution in [0.15, 0.2) is 65.0 Å². The first kappa shape index (κ1) is 24.9. The molecule has 35 heavy (non-hydrogen) atoms. The summed E-state index contributed by atoms with van der Waals surface area (Å²) in [6, 6.07) is 4.56. The van der Waals surface area contributed by atoms with E-state index in [1.807, 2.05) is 12.2 Å². The van der Waals surface area contributed by atoms with Crippen molar-refractivity contribution in [3.8, 4) is 0 Å². The monoisotopic (exact) mass is 484 g/mol. The Kier molecular flexibility index (Phi) is 8.13. The van der Waals surface area contributed by atoms with Gasteiger partial charge < -0.3 is 19.9 Å². The largest absolute Gasteiger partial charge is 0.482 e. The number of carbonyl (C=O) groups excluding carboxylic acids is 1. The minimum atomic E-state index is -0.423. The number of hydrogen-bond acceptors (Lipinski definition) is 5. The van der Waals surface area contributed by atoms with E-state index in [2.05, 4.69) is 29.1 Å². The summed E-state index contributed by atoms with van der Waals surface area (Å²) < 4.78 is 20.7. The maximum absolute atomic E-state index is 13.7. The second kappa shape index (κ2) is 11.4. The van der Waals surface area contributed by atoms with Crippen LogP contribution in [-0.2, 0) is 16.1 Å². The molecule has 0 aromatic carbocycles. The standard InChI is InChI=1S/C27H33FN4O3.2H2/c1-18(3-9-25-19(2)31-26(33)17-35-25)14-29-15-21-6-4-20(5-7-21)11-12-32-24-13-22(28)16-30-23(24)8-10-27(32)34;;/h3,8-10,13,16,20-21,29H,2,4-7,11-12,14-15,17H2,1H3,(H,31,33);2*1H/b18-3+,25-9+;;. The van der Waals surface area contributed by atoms with Crippen LogP contribution in [0.1, 0.15) is 41.9 Å². The highest BCUT2D eigenvalue weighted by molar-refractivity contribution is 5.81. The van der Waals surface area contributed by atoms with Gasteiger partial charge in [0, 0.05) is 28.1 Å². The lowest BCUT2D eigenvalue weighted by Gasteiger charge is -2.29. The van der Waals surface area contributed by atoms with Crippen molar-refractivity contribution < 1.29 is 16.8 Å². The van der Waals surface area contributed by atoms with E-state index in [0.717, 1.165) is 32.4 Å². The van der Waals surface area contributed by atoms with E-state index in [9.17, 15) is 14.0 Å².